The summed E-state index contributed by atoms with van der Waals surface area (Å²) < 4.78 is 13.1. The second-order valence-electron chi connectivity index (χ2n) is 6.83. The third kappa shape index (κ3) is 5.81. The first-order valence-electron chi connectivity index (χ1n) is 9.46. The van der Waals surface area contributed by atoms with Gasteiger partial charge in [0.25, 0.3) is 5.91 Å². The Morgan fingerprint density at radius 3 is 2.31 bits per heavy atom. The largest absolute Gasteiger partial charge is 0.340 e. The van der Waals surface area contributed by atoms with Crippen LogP contribution >= 0.6 is 11.8 Å². The van der Waals surface area contributed by atoms with Crippen LogP contribution in [0.2, 0.25) is 0 Å². The van der Waals surface area contributed by atoms with E-state index in [0.717, 1.165) is 12.0 Å². The van der Waals surface area contributed by atoms with E-state index in [0.29, 0.717) is 48.8 Å². The standard InChI is InChI=1S/C22H22FN3O2S/c23-20-8-6-19(7-9-20)22(28)26-11-1-10-25(12-13-26)21(27)16-29-15-18-4-2-17(14-24)3-5-18/h2-9H,1,10-13,15-16H2. The van der Waals surface area contributed by atoms with Gasteiger partial charge < -0.3 is 9.80 Å². The molecule has 3 rings (SSSR count). The topological polar surface area (TPSA) is 64.4 Å². The van der Waals surface area contributed by atoms with Crippen molar-refractivity contribution in [2.24, 2.45) is 0 Å². The van der Waals surface area contributed by atoms with Crippen LogP contribution in [0.5, 0.6) is 0 Å². The van der Waals surface area contributed by atoms with Crippen molar-refractivity contribution in [2.75, 3.05) is 31.9 Å². The zero-order valence-corrected chi connectivity index (χ0v) is 16.8. The van der Waals surface area contributed by atoms with Gasteiger partial charge in [-0.25, -0.2) is 4.39 Å². The number of carbonyl (C=O) groups excluding carboxylic acids is 2. The maximum absolute atomic E-state index is 13.1. The highest BCUT2D eigenvalue weighted by molar-refractivity contribution is 7.99. The van der Waals surface area contributed by atoms with Crippen molar-refractivity contribution >= 4 is 23.6 Å². The molecule has 2 aromatic carbocycles. The fourth-order valence-corrected chi connectivity index (χ4v) is 4.06. The molecule has 1 heterocycles. The molecule has 0 aromatic heterocycles. The number of halogens is 1. The second-order valence-corrected chi connectivity index (χ2v) is 7.82. The fraction of sp³-hybridized carbons (Fsp3) is 0.318. The van der Waals surface area contributed by atoms with Gasteiger partial charge in [0.15, 0.2) is 0 Å². The van der Waals surface area contributed by atoms with Crippen LogP contribution in [0, 0.1) is 17.1 Å². The van der Waals surface area contributed by atoms with E-state index < -0.39 is 0 Å². The molecule has 0 saturated carbocycles. The molecule has 29 heavy (non-hydrogen) atoms. The van der Waals surface area contributed by atoms with Gasteiger partial charge in [-0.1, -0.05) is 12.1 Å². The normalized spacial score (nSPS) is 14.2. The highest BCUT2D eigenvalue weighted by Crippen LogP contribution is 2.15. The first-order valence-corrected chi connectivity index (χ1v) is 10.6. The molecule has 0 unspecified atom stereocenters. The molecule has 1 aliphatic rings. The van der Waals surface area contributed by atoms with Crippen molar-refractivity contribution in [1.82, 2.24) is 9.80 Å². The molecule has 0 atom stereocenters. The number of benzene rings is 2. The van der Waals surface area contributed by atoms with Crippen LogP contribution in [-0.4, -0.2) is 53.5 Å². The number of rotatable bonds is 5. The number of nitriles is 1. The van der Waals surface area contributed by atoms with E-state index in [9.17, 15) is 14.0 Å². The lowest BCUT2D eigenvalue weighted by atomic mass is 10.2. The Morgan fingerprint density at radius 2 is 1.62 bits per heavy atom. The fourth-order valence-electron chi connectivity index (χ4n) is 3.17. The Labute approximate surface area is 174 Å². The molecule has 0 spiro atoms. The van der Waals surface area contributed by atoms with Gasteiger partial charge in [0.1, 0.15) is 5.82 Å². The van der Waals surface area contributed by atoms with Crippen LogP contribution in [0.1, 0.15) is 27.9 Å². The maximum Gasteiger partial charge on any atom is 0.253 e. The third-order valence-corrected chi connectivity index (χ3v) is 5.79. The molecule has 5 nitrogen and oxygen atoms in total. The summed E-state index contributed by atoms with van der Waals surface area (Å²) in [6.07, 6.45) is 0.721. The summed E-state index contributed by atoms with van der Waals surface area (Å²) in [5.74, 6) is 0.661. The number of carbonyl (C=O) groups is 2. The Kier molecular flexibility index (Phi) is 7.25. The first kappa shape index (κ1) is 20.9. The van der Waals surface area contributed by atoms with Crippen LogP contribution in [0.25, 0.3) is 0 Å². The van der Waals surface area contributed by atoms with E-state index >= 15 is 0 Å². The van der Waals surface area contributed by atoms with E-state index in [2.05, 4.69) is 6.07 Å². The molecule has 0 aliphatic carbocycles. The summed E-state index contributed by atoms with van der Waals surface area (Å²) in [6.45, 7) is 2.19. The van der Waals surface area contributed by atoms with E-state index in [1.54, 1.807) is 28.8 Å². The SMILES string of the molecule is N#Cc1ccc(CSCC(=O)N2CCCN(C(=O)c3ccc(F)cc3)CC2)cc1. The minimum atomic E-state index is -0.368. The Balaban J connectivity index is 1.46. The number of thioether (sulfide) groups is 1. The van der Waals surface area contributed by atoms with Gasteiger partial charge in [-0.2, -0.15) is 5.26 Å². The van der Waals surface area contributed by atoms with E-state index in [-0.39, 0.29) is 17.6 Å². The minimum absolute atomic E-state index is 0.0692. The molecule has 0 bridgehead atoms. The highest BCUT2D eigenvalue weighted by Gasteiger charge is 2.22. The molecule has 0 radical (unpaired) electrons. The van der Waals surface area contributed by atoms with Gasteiger partial charge in [-0.15, -0.1) is 11.8 Å². The third-order valence-electron chi connectivity index (χ3n) is 4.80. The summed E-state index contributed by atoms with van der Waals surface area (Å²) in [4.78, 5) is 28.7. The van der Waals surface area contributed by atoms with Gasteiger partial charge in [0, 0.05) is 37.5 Å². The van der Waals surface area contributed by atoms with Gasteiger partial charge in [-0.3, -0.25) is 9.59 Å². The summed E-state index contributed by atoms with van der Waals surface area (Å²) in [7, 11) is 0. The summed E-state index contributed by atoms with van der Waals surface area (Å²) in [6, 6.07) is 15.0. The Morgan fingerprint density at radius 1 is 0.966 bits per heavy atom. The molecular weight excluding hydrogens is 389 g/mol. The van der Waals surface area contributed by atoms with Crippen molar-refractivity contribution in [3.8, 4) is 6.07 Å². The van der Waals surface area contributed by atoms with Crippen LogP contribution in [0.4, 0.5) is 4.39 Å². The lowest BCUT2D eigenvalue weighted by Gasteiger charge is -2.22. The molecule has 1 aliphatic heterocycles. The van der Waals surface area contributed by atoms with E-state index in [4.69, 9.17) is 5.26 Å². The summed E-state index contributed by atoms with van der Waals surface area (Å²) >= 11 is 1.54. The summed E-state index contributed by atoms with van der Waals surface area (Å²) in [5, 5.41) is 8.83. The molecule has 7 heteroatoms. The predicted molar refractivity (Wildman–Crippen MR) is 111 cm³/mol. The smallest absolute Gasteiger partial charge is 0.253 e. The van der Waals surface area contributed by atoms with Gasteiger partial charge in [0.05, 0.1) is 17.4 Å². The number of amides is 2. The lowest BCUT2D eigenvalue weighted by Crippen LogP contribution is -2.38. The van der Waals surface area contributed by atoms with Crippen LogP contribution in [-0.2, 0) is 10.5 Å². The molecule has 2 amide bonds. The lowest BCUT2D eigenvalue weighted by molar-refractivity contribution is -0.128. The van der Waals surface area contributed by atoms with Crippen LogP contribution in [0.3, 0.4) is 0 Å². The first-order chi connectivity index (χ1) is 14.1. The van der Waals surface area contributed by atoms with Crippen molar-refractivity contribution in [3.05, 3.63) is 71.0 Å². The zero-order valence-electron chi connectivity index (χ0n) is 16.0. The van der Waals surface area contributed by atoms with E-state index in [1.165, 1.54) is 24.3 Å². The zero-order chi connectivity index (χ0) is 20.6. The molecule has 2 aromatic rings. The minimum Gasteiger partial charge on any atom is -0.340 e. The van der Waals surface area contributed by atoms with Crippen molar-refractivity contribution in [2.45, 2.75) is 12.2 Å². The average molecular weight is 412 g/mol. The molecule has 1 fully saturated rings. The van der Waals surface area contributed by atoms with Crippen molar-refractivity contribution in [1.29, 1.82) is 5.26 Å². The Hall–Kier alpha value is -2.85. The monoisotopic (exact) mass is 411 g/mol. The Bertz CT molecular complexity index is 894. The summed E-state index contributed by atoms with van der Waals surface area (Å²) in [5.41, 5.74) is 2.16. The second kappa shape index (κ2) is 10.1. The molecular formula is C22H22FN3O2S. The van der Waals surface area contributed by atoms with Gasteiger partial charge in [-0.05, 0) is 48.4 Å². The maximum atomic E-state index is 13.1. The molecule has 150 valence electrons. The van der Waals surface area contributed by atoms with Crippen molar-refractivity contribution < 1.29 is 14.0 Å². The average Bonchev–Trinajstić information content (AvgIpc) is 3.00. The van der Waals surface area contributed by atoms with Crippen molar-refractivity contribution in [3.63, 3.8) is 0 Å². The number of nitrogens with zero attached hydrogens (tertiary/aromatic N) is 3. The number of hydrogen-bond donors (Lipinski definition) is 0. The van der Waals surface area contributed by atoms with Crippen LogP contribution in [0.15, 0.2) is 48.5 Å². The van der Waals surface area contributed by atoms with Crippen LogP contribution < -0.4 is 0 Å². The number of hydrogen-bond acceptors (Lipinski definition) is 4. The van der Waals surface area contributed by atoms with Gasteiger partial charge in [0.2, 0.25) is 5.91 Å². The molecule has 1 saturated heterocycles. The predicted octanol–water partition coefficient (Wildman–Crippen LogP) is 3.31. The highest BCUT2D eigenvalue weighted by atomic mass is 32.2. The van der Waals surface area contributed by atoms with Gasteiger partial charge >= 0.3 is 0 Å². The molecule has 0 N–H and O–H groups in total. The quantitative estimate of drug-likeness (QED) is 0.757. The van der Waals surface area contributed by atoms with E-state index in [1.807, 2.05) is 17.0 Å².